The molecule has 25 heavy (non-hydrogen) atoms. The predicted octanol–water partition coefficient (Wildman–Crippen LogP) is 3.91. The van der Waals surface area contributed by atoms with E-state index < -0.39 is 0 Å². The summed E-state index contributed by atoms with van der Waals surface area (Å²) in [6, 6.07) is 6.00. The Morgan fingerprint density at radius 1 is 1.24 bits per heavy atom. The number of methoxy groups -OCH3 is 1. The molecular formula is C19H22N2O3S. The molecule has 0 saturated carbocycles. The number of carbonyl (C=O) groups is 2. The SMILES string of the molecule is C=CCN1C(=O)S/C(=C/c2ccc(N3CCCCC3)cc2OC)C1=O. The number of piperidine rings is 1. The van der Waals surface area contributed by atoms with Crippen LogP contribution in [0.3, 0.4) is 0 Å². The van der Waals surface area contributed by atoms with Crippen molar-refractivity contribution in [3.8, 4) is 5.75 Å². The van der Waals surface area contributed by atoms with E-state index in [0.29, 0.717) is 10.7 Å². The maximum atomic E-state index is 12.3. The fourth-order valence-corrected chi connectivity index (χ4v) is 3.93. The van der Waals surface area contributed by atoms with Gasteiger partial charge in [0.1, 0.15) is 5.75 Å². The number of rotatable bonds is 5. The lowest BCUT2D eigenvalue weighted by Gasteiger charge is -2.29. The summed E-state index contributed by atoms with van der Waals surface area (Å²) in [5.41, 5.74) is 1.93. The molecule has 2 aliphatic heterocycles. The van der Waals surface area contributed by atoms with Crippen molar-refractivity contribution < 1.29 is 14.3 Å². The van der Waals surface area contributed by atoms with E-state index in [-0.39, 0.29) is 17.7 Å². The first-order valence-electron chi connectivity index (χ1n) is 8.43. The van der Waals surface area contributed by atoms with E-state index in [1.54, 1.807) is 19.3 Å². The van der Waals surface area contributed by atoms with Gasteiger partial charge in [0, 0.05) is 37.0 Å². The number of amides is 2. The largest absolute Gasteiger partial charge is 0.496 e. The van der Waals surface area contributed by atoms with Gasteiger partial charge in [-0.3, -0.25) is 14.5 Å². The molecule has 5 nitrogen and oxygen atoms in total. The third-order valence-electron chi connectivity index (χ3n) is 4.41. The van der Waals surface area contributed by atoms with Gasteiger partial charge in [0.05, 0.1) is 12.0 Å². The molecule has 2 saturated heterocycles. The van der Waals surface area contributed by atoms with Gasteiger partial charge >= 0.3 is 0 Å². The first-order valence-corrected chi connectivity index (χ1v) is 9.25. The average molecular weight is 358 g/mol. The molecule has 2 aliphatic rings. The molecule has 0 aromatic heterocycles. The van der Waals surface area contributed by atoms with Gasteiger partial charge in [0.2, 0.25) is 0 Å². The van der Waals surface area contributed by atoms with Crippen LogP contribution in [0.2, 0.25) is 0 Å². The van der Waals surface area contributed by atoms with E-state index in [9.17, 15) is 9.59 Å². The van der Waals surface area contributed by atoms with Crippen LogP contribution in [-0.2, 0) is 4.79 Å². The molecule has 132 valence electrons. The number of imide groups is 1. The molecule has 6 heteroatoms. The Morgan fingerprint density at radius 3 is 2.68 bits per heavy atom. The molecule has 2 fully saturated rings. The fourth-order valence-electron chi connectivity index (χ4n) is 3.10. The number of hydrogen-bond donors (Lipinski definition) is 0. The second-order valence-corrected chi connectivity index (χ2v) is 7.05. The summed E-state index contributed by atoms with van der Waals surface area (Å²) in [6.45, 7) is 5.93. The van der Waals surface area contributed by atoms with Crippen LogP contribution in [0.25, 0.3) is 6.08 Å². The topological polar surface area (TPSA) is 49.9 Å². The first-order chi connectivity index (χ1) is 12.1. The van der Waals surface area contributed by atoms with Crippen molar-refractivity contribution in [3.05, 3.63) is 41.3 Å². The second kappa shape index (κ2) is 7.78. The zero-order chi connectivity index (χ0) is 17.8. The van der Waals surface area contributed by atoms with Gasteiger partial charge in [-0.25, -0.2) is 0 Å². The maximum absolute atomic E-state index is 12.3. The summed E-state index contributed by atoms with van der Waals surface area (Å²) >= 11 is 0.953. The molecule has 0 aliphatic carbocycles. The Kier molecular flexibility index (Phi) is 5.48. The van der Waals surface area contributed by atoms with Crippen molar-refractivity contribution in [3.63, 3.8) is 0 Å². The van der Waals surface area contributed by atoms with Gasteiger partial charge < -0.3 is 9.64 Å². The summed E-state index contributed by atoms with van der Waals surface area (Å²) in [7, 11) is 1.62. The van der Waals surface area contributed by atoms with Crippen molar-refractivity contribution in [1.29, 1.82) is 0 Å². The van der Waals surface area contributed by atoms with Crippen LogP contribution in [-0.4, -0.2) is 42.8 Å². The summed E-state index contributed by atoms with van der Waals surface area (Å²) in [4.78, 5) is 28.2. The number of ether oxygens (including phenoxy) is 1. The highest BCUT2D eigenvalue weighted by atomic mass is 32.2. The van der Waals surface area contributed by atoms with Crippen molar-refractivity contribution >= 4 is 34.7 Å². The van der Waals surface area contributed by atoms with Crippen LogP contribution in [0.1, 0.15) is 24.8 Å². The summed E-state index contributed by atoms with van der Waals surface area (Å²) < 4.78 is 5.52. The molecule has 3 rings (SSSR count). The van der Waals surface area contributed by atoms with E-state index >= 15 is 0 Å². The lowest BCUT2D eigenvalue weighted by Crippen LogP contribution is -2.29. The first kappa shape index (κ1) is 17.6. The van der Waals surface area contributed by atoms with Gasteiger partial charge in [-0.1, -0.05) is 6.08 Å². The summed E-state index contributed by atoms with van der Waals surface area (Å²) in [5.74, 6) is 0.427. The predicted molar refractivity (Wildman–Crippen MR) is 102 cm³/mol. The quantitative estimate of drug-likeness (QED) is 0.590. The zero-order valence-electron chi connectivity index (χ0n) is 14.4. The van der Waals surface area contributed by atoms with Crippen LogP contribution in [0.15, 0.2) is 35.8 Å². The molecule has 1 aromatic carbocycles. The van der Waals surface area contributed by atoms with Crippen molar-refractivity contribution in [1.82, 2.24) is 4.90 Å². The van der Waals surface area contributed by atoms with Gasteiger partial charge in [-0.15, -0.1) is 6.58 Å². The normalized spacial score (nSPS) is 19.6. The number of hydrogen-bond acceptors (Lipinski definition) is 5. The minimum atomic E-state index is -0.280. The standard InChI is InChI=1S/C19H22N2O3S/c1-3-9-21-18(22)17(25-19(21)23)12-14-7-8-15(13-16(14)24-2)20-10-5-4-6-11-20/h3,7-8,12-13H,1,4-6,9-11H2,2H3/b17-12+. The lowest BCUT2D eigenvalue weighted by molar-refractivity contribution is -0.122. The van der Waals surface area contributed by atoms with Gasteiger partial charge in [-0.2, -0.15) is 0 Å². The highest BCUT2D eigenvalue weighted by molar-refractivity contribution is 8.18. The lowest BCUT2D eigenvalue weighted by atomic mass is 10.1. The van der Waals surface area contributed by atoms with Crippen LogP contribution < -0.4 is 9.64 Å². The maximum Gasteiger partial charge on any atom is 0.293 e. The van der Waals surface area contributed by atoms with Crippen molar-refractivity contribution in [2.45, 2.75) is 19.3 Å². The third-order valence-corrected chi connectivity index (χ3v) is 5.32. The molecule has 0 radical (unpaired) electrons. The average Bonchev–Trinajstić information content (AvgIpc) is 2.90. The Labute approximate surface area is 152 Å². The number of thioether (sulfide) groups is 1. The highest BCUT2D eigenvalue weighted by Crippen LogP contribution is 2.35. The summed E-state index contributed by atoms with van der Waals surface area (Å²) in [6.07, 6.45) is 6.98. The molecule has 0 atom stereocenters. The van der Waals surface area contributed by atoms with Crippen LogP contribution >= 0.6 is 11.8 Å². The van der Waals surface area contributed by atoms with E-state index in [4.69, 9.17) is 4.74 Å². The number of benzene rings is 1. The van der Waals surface area contributed by atoms with Gasteiger partial charge in [0.25, 0.3) is 11.1 Å². The van der Waals surface area contributed by atoms with E-state index in [2.05, 4.69) is 11.5 Å². The van der Waals surface area contributed by atoms with Gasteiger partial charge in [0.15, 0.2) is 0 Å². The number of nitrogens with zero attached hydrogens (tertiary/aromatic N) is 2. The molecule has 0 bridgehead atoms. The van der Waals surface area contributed by atoms with Gasteiger partial charge in [-0.05, 0) is 49.2 Å². The van der Waals surface area contributed by atoms with Crippen molar-refractivity contribution in [2.75, 3.05) is 31.6 Å². The smallest absolute Gasteiger partial charge is 0.293 e. The minimum Gasteiger partial charge on any atom is -0.496 e. The van der Waals surface area contributed by atoms with Crippen molar-refractivity contribution in [2.24, 2.45) is 0 Å². The summed E-state index contributed by atoms with van der Waals surface area (Å²) in [5, 5.41) is -0.264. The molecule has 2 amide bonds. The van der Waals surface area contributed by atoms with Crippen LogP contribution in [0.4, 0.5) is 10.5 Å². The Bertz CT molecular complexity index is 723. The molecule has 0 N–H and O–H groups in total. The fraction of sp³-hybridized carbons (Fsp3) is 0.368. The Balaban J connectivity index is 1.86. The molecular weight excluding hydrogens is 336 g/mol. The number of anilines is 1. The van der Waals surface area contributed by atoms with E-state index in [0.717, 1.165) is 36.1 Å². The molecule has 1 aromatic rings. The third kappa shape index (κ3) is 3.74. The Hall–Kier alpha value is -2.21. The molecule has 0 spiro atoms. The zero-order valence-corrected chi connectivity index (χ0v) is 15.2. The highest BCUT2D eigenvalue weighted by Gasteiger charge is 2.34. The minimum absolute atomic E-state index is 0.229. The molecule has 2 heterocycles. The van der Waals surface area contributed by atoms with E-state index in [1.165, 1.54) is 24.2 Å². The van der Waals surface area contributed by atoms with Crippen LogP contribution in [0.5, 0.6) is 5.75 Å². The second-order valence-electron chi connectivity index (χ2n) is 6.05. The van der Waals surface area contributed by atoms with E-state index in [1.807, 2.05) is 18.2 Å². The van der Waals surface area contributed by atoms with Crippen LogP contribution in [0, 0.1) is 0 Å². The monoisotopic (exact) mass is 358 g/mol. The number of carbonyl (C=O) groups excluding carboxylic acids is 2. The Morgan fingerprint density at radius 2 is 2.00 bits per heavy atom. The molecule has 0 unspecified atom stereocenters.